The van der Waals surface area contributed by atoms with Gasteiger partial charge in [0.2, 0.25) is 5.91 Å². The Kier molecular flexibility index (Phi) is 5.09. The van der Waals surface area contributed by atoms with Crippen molar-refractivity contribution in [1.82, 2.24) is 9.88 Å². The van der Waals surface area contributed by atoms with Gasteiger partial charge in [0.05, 0.1) is 6.20 Å². The minimum atomic E-state index is -0.536. The summed E-state index contributed by atoms with van der Waals surface area (Å²) in [5.41, 5.74) is 1.93. The van der Waals surface area contributed by atoms with Crippen LogP contribution >= 0.6 is 0 Å². The molecule has 27 heavy (non-hydrogen) atoms. The van der Waals surface area contributed by atoms with Gasteiger partial charge in [0.1, 0.15) is 0 Å². The fourth-order valence-corrected chi connectivity index (χ4v) is 3.46. The maximum atomic E-state index is 12.1. The van der Waals surface area contributed by atoms with E-state index in [0.29, 0.717) is 29.2 Å². The van der Waals surface area contributed by atoms with Gasteiger partial charge in [0.25, 0.3) is 0 Å². The largest absolute Gasteiger partial charge is 0.445 e. The average molecular weight is 369 g/mol. The second kappa shape index (κ2) is 7.82. The van der Waals surface area contributed by atoms with Crippen LogP contribution in [0.4, 0.5) is 10.5 Å². The smallest absolute Gasteiger partial charge is 0.412 e. The average Bonchev–Trinajstić information content (AvgIpc) is 3.42. The third-order valence-electron chi connectivity index (χ3n) is 5.19. The molecular formula is C20H23N3O4. The number of aromatic nitrogens is 1. The van der Waals surface area contributed by atoms with E-state index in [-0.39, 0.29) is 6.61 Å². The van der Waals surface area contributed by atoms with Gasteiger partial charge < -0.3 is 14.1 Å². The molecule has 0 radical (unpaired) electrons. The number of hydrogen-bond acceptors (Lipinski definition) is 5. The van der Waals surface area contributed by atoms with Crippen molar-refractivity contribution in [3.63, 3.8) is 0 Å². The fraction of sp³-hybridized carbons (Fsp3) is 0.450. The number of amides is 2. The van der Waals surface area contributed by atoms with E-state index in [2.05, 4.69) is 10.3 Å². The molecule has 4 rings (SSSR count). The van der Waals surface area contributed by atoms with Crippen molar-refractivity contribution < 1.29 is 18.7 Å². The standard InChI is InChI=1S/C20H23N3O4/c24-19(16-1-2-16)23-9-7-15(8-10-23)14-3-5-17(6-4-14)22-20(25)26-12-18-11-21-13-27-18/h3-6,11,13,15-16H,1-2,7-10,12H2,(H,22,25). The summed E-state index contributed by atoms with van der Waals surface area (Å²) in [7, 11) is 0. The van der Waals surface area contributed by atoms with Crippen LogP contribution in [0.5, 0.6) is 0 Å². The predicted octanol–water partition coefficient (Wildman–Crippen LogP) is 3.54. The summed E-state index contributed by atoms with van der Waals surface area (Å²) in [4.78, 5) is 29.8. The van der Waals surface area contributed by atoms with Gasteiger partial charge in [-0.3, -0.25) is 10.1 Å². The van der Waals surface area contributed by atoms with Crippen molar-refractivity contribution in [3.05, 3.63) is 48.2 Å². The predicted molar refractivity (Wildman–Crippen MR) is 98.0 cm³/mol. The lowest BCUT2D eigenvalue weighted by atomic mass is 9.89. The molecule has 1 aromatic heterocycles. The van der Waals surface area contributed by atoms with Gasteiger partial charge in [0, 0.05) is 24.7 Å². The molecule has 2 aromatic rings. The van der Waals surface area contributed by atoms with Crippen molar-refractivity contribution in [1.29, 1.82) is 0 Å². The fourth-order valence-electron chi connectivity index (χ4n) is 3.46. The maximum absolute atomic E-state index is 12.1. The van der Waals surface area contributed by atoms with Crippen LogP contribution in [-0.4, -0.2) is 35.0 Å². The summed E-state index contributed by atoms with van der Waals surface area (Å²) >= 11 is 0. The first kappa shape index (κ1) is 17.6. The molecule has 0 spiro atoms. The van der Waals surface area contributed by atoms with E-state index in [1.807, 2.05) is 29.2 Å². The Balaban J connectivity index is 1.25. The summed E-state index contributed by atoms with van der Waals surface area (Å²) < 4.78 is 10.1. The van der Waals surface area contributed by atoms with Crippen molar-refractivity contribution in [2.45, 2.75) is 38.2 Å². The highest BCUT2D eigenvalue weighted by atomic mass is 16.6. The van der Waals surface area contributed by atoms with E-state index in [1.165, 1.54) is 18.2 Å². The van der Waals surface area contributed by atoms with E-state index in [0.717, 1.165) is 38.8 Å². The molecular weight excluding hydrogens is 346 g/mol. The number of carbonyl (C=O) groups is 2. The van der Waals surface area contributed by atoms with Gasteiger partial charge >= 0.3 is 6.09 Å². The van der Waals surface area contributed by atoms with Gasteiger partial charge in [-0.05, 0) is 49.3 Å². The van der Waals surface area contributed by atoms with Crippen molar-refractivity contribution >= 4 is 17.7 Å². The molecule has 1 aromatic carbocycles. The Morgan fingerprint density at radius 1 is 1.15 bits per heavy atom. The number of rotatable bonds is 5. The molecule has 0 atom stereocenters. The third kappa shape index (κ3) is 4.48. The molecule has 7 heteroatoms. The Morgan fingerprint density at radius 2 is 1.89 bits per heavy atom. The normalized spacial score (nSPS) is 17.6. The van der Waals surface area contributed by atoms with E-state index in [9.17, 15) is 9.59 Å². The van der Waals surface area contributed by atoms with Gasteiger partial charge in [-0.2, -0.15) is 0 Å². The molecule has 1 saturated heterocycles. The number of carbonyl (C=O) groups excluding carboxylic acids is 2. The number of ether oxygens (including phenoxy) is 1. The van der Waals surface area contributed by atoms with Crippen LogP contribution in [0.3, 0.4) is 0 Å². The minimum absolute atomic E-state index is 0.0437. The molecule has 2 heterocycles. The van der Waals surface area contributed by atoms with Crippen LogP contribution in [0.25, 0.3) is 0 Å². The zero-order valence-corrected chi connectivity index (χ0v) is 15.1. The number of hydrogen-bond donors (Lipinski definition) is 1. The first-order chi connectivity index (χ1) is 13.2. The molecule has 1 saturated carbocycles. The molecule has 2 fully saturated rings. The number of piperidine rings is 1. The minimum Gasteiger partial charge on any atom is -0.445 e. The molecule has 142 valence electrons. The van der Waals surface area contributed by atoms with Crippen LogP contribution < -0.4 is 5.32 Å². The number of anilines is 1. The Bertz CT molecular complexity index is 776. The highest BCUT2D eigenvalue weighted by Crippen LogP contribution is 2.34. The number of benzene rings is 1. The van der Waals surface area contributed by atoms with Crippen LogP contribution in [0.15, 0.2) is 41.3 Å². The lowest BCUT2D eigenvalue weighted by Gasteiger charge is -2.32. The van der Waals surface area contributed by atoms with Gasteiger partial charge in [0.15, 0.2) is 18.8 Å². The van der Waals surface area contributed by atoms with Gasteiger partial charge in [-0.25, -0.2) is 9.78 Å². The summed E-state index contributed by atoms with van der Waals surface area (Å²) in [5.74, 6) is 1.60. The molecule has 1 N–H and O–H groups in total. The van der Waals surface area contributed by atoms with Crippen LogP contribution in [0.2, 0.25) is 0 Å². The molecule has 1 aliphatic carbocycles. The number of nitrogens with one attached hydrogen (secondary N) is 1. The first-order valence-electron chi connectivity index (χ1n) is 9.39. The van der Waals surface area contributed by atoms with E-state index < -0.39 is 6.09 Å². The summed E-state index contributed by atoms with van der Waals surface area (Å²) in [5, 5.41) is 2.70. The van der Waals surface area contributed by atoms with Gasteiger partial charge in [-0.1, -0.05) is 12.1 Å². The van der Waals surface area contributed by atoms with Crippen molar-refractivity contribution in [2.75, 3.05) is 18.4 Å². The molecule has 0 bridgehead atoms. The molecule has 0 unspecified atom stereocenters. The Morgan fingerprint density at radius 3 is 2.52 bits per heavy atom. The lowest BCUT2D eigenvalue weighted by molar-refractivity contribution is -0.133. The van der Waals surface area contributed by atoms with Crippen molar-refractivity contribution in [3.8, 4) is 0 Å². The first-order valence-corrected chi connectivity index (χ1v) is 9.39. The van der Waals surface area contributed by atoms with Gasteiger partial charge in [-0.15, -0.1) is 0 Å². The van der Waals surface area contributed by atoms with Crippen LogP contribution in [0.1, 0.15) is 42.9 Å². The Labute approximate surface area is 157 Å². The second-order valence-corrected chi connectivity index (χ2v) is 7.16. The quantitative estimate of drug-likeness (QED) is 0.871. The highest BCUT2D eigenvalue weighted by Gasteiger charge is 2.35. The maximum Gasteiger partial charge on any atom is 0.412 e. The second-order valence-electron chi connectivity index (χ2n) is 7.16. The zero-order chi connectivity index (χ0) is 18.6. The topological polar surface area (TPSA) is 84.7 Å². The van der Waals surface area contributed by atoms with E-state index in [1.54, 1.807) is 0 Å². The summed E-state index contributed by atoms with van der Waals surface area (Å²) in [6, 6.07) is 7.84. The van der Waals surface area contributed by atoms with Crippen LogP contribution in [-0.2, 0) is 16.1 Å². The van der Waals surface area contributed by atoms with E-state index >= 15 is 0 Å². The number of nitrogens with zero attached hydrogens (tertiary/aromatic N) is 2. The molecule has 2 aliphatic rings. The highest BCUT2D eigenvalue weighted by molar-refractivity contribution is 5.84. The molecule has 2 amide bonds. The van der Waals surface area contributed by atoms with E-state index in [4.69, 9.17) is 9.15 Å². The monoisotopic (exact) mass is 369 g/mol. The van der Waals surface area contributed by atoms with Crippen LogP contribution in [0, 0.1) is 5.92 Å². The van der Waals surface area contributed by atoms with Crippen molar-refractivity contribution in [2.24, 2.45) is 5.92 Å². The Hall–Kier alpha value is -2.83. The zero-order valence-electron chi connectivity index (χ0n) is 15.1. The molecule has 7 nitrogen and oxygen atoms in total. The summed E-state index contributed by atoms with van der Waals surface area (Å²) in [6.45, 7) is 1.73. The molecule has 1 aliphatic heterocycles. The third-order valence-corrected chi connectivity index (χ3v) is 5.19. The lowest BCUT2D eigenvalue weighted by Crippen LogP contribution is -2.38. The SMILES string of the molecule is O=C(Nc1ccc(C2CCN(C(=O)C3CC3)CC2)cc1)OCc1cnco1. The summed E-state index contributed by atoms with van der Waals surface area (Å²) in [6.07, 6.45) is 6.37. The number of likely N-dealkylation sites (tertiary alicyclic amines) is 1. The number of oxazole rings is 1.